The number of primary amides is 1. The smallest absolute Gasteiger partial charge is 0.327 e. The molecule has 1 amide bonds. The third-order valence-corrected chi connectivity index (χ3v) is 5.68. The summed E-state index contributed by atoms with van der Waals surface area (Å²) in [7, 11) is 1.70. The standard InChI is InChI=1S/C19H20N8O3/c1-30-11-4-2-10(3-5-11)27-18-14(25-19(27)29)13(15(20)28)24-16(26-18)9-6-12-17(21-7-9)23-8-22-12/h6-8,10-11H,2-5H2,1H3,(H2,20,28)(H,25,29)(H,21,22,23). The van der Waals surface area contributed by atoms with Crippen LogP contribution in [0.25, 0.3) is 33.7 Å². The van der Waals surface area contributed by atoms with E-state index in [2.05, 4.69) is 29.9 Å². The van der Waals surface area contributed by atoms with E-state index in [4.69, 9.17) is 10.5 Å². The molecule has 4 aromatic rings. The molecule has 0 radical (unpaired) electrons. The van der Waals surface area contributed by atoms with E-state index in [1.807, 2.05) is 0 Å². The molecule has 4 heterocycles. The molecule has 4 N–H and O–H groups in total. The first kappa shape index (κ1) is 18.4. The molecule has 4 aromatic heterocycles. The molecule has 1 aliphatic rings. The molecule has 1 fully saturated rings. The molecule has 0 bridgehead atoms. The van der Waals surface area contributed by atoms with Crippen molar-refractivity contribution in [1.82, 2.24) is 34.5 Å². The first-order valence-electron chi connectivity index (χ1n) is 9.69. The zero-order valence-electron chi connectivity index (χ0n) is 16.3. The fraction of sp³-hybridized carbons (Fsp3) is 0.368. The number of hydrogen-bond donors (Lipinski definition) is 3. The summed E-state index contributed by atoms with van der Waals surface area (Å²) in [6.45, 7) is 0. The zero-order valence-corrected chi connectivity index (χ0v) is 16.3. The molecule has 0 unspecified atom stereocenters. The van der Waals surface area contributed by atoms with Crippen LogP contribution in [0.4, 0.5) is 0 Å². The second kappa shape index (κ2) is 7.02. The number of fused-ring (bicyclic) bond motifs is 2. The monoisotopic (exact) mass is 408 g/mol. The third kappa shape index (κ3) is 2.94. The number of carbonyl (C=O) groups is 1. The Kier molecular flexibility index (Phi) is 4.31. The maximum Gasteiger partial charge on any atom is 0.327 e. The average molecular weight is 408 g/mol. The van der Waals surface area contributed by atoms with E-state index in [-0.39, 0.29) is 34.9 Å². The molecule has 0 aromatic carbocycles. The van der Waals surface area contributed by atoms with Crippen LogP contribution in [0.1, 0.15) is 42.2 Å². The van der Waals surface area contributed by atoms with Gasteiger partial charge in [0.1, 0.15) is 5.52 Å². The number of amides is 1. The van der Waals surface area contributed by atoms with Crippen LogP contribution in [0.2, 0.25) is 0 Å². The Morgan fingerprint density at radius 2 is 2.03 bits per heavy atom. The van der Waals surface area contributed by atoms with Crippen LogP contribution in [0.15, 0.2) is 23.4 Å². The van der Waals surface area contributed by atoms with Crippen molar-refractivity contribution in [2.24, 2.45) is 5.73 Å². The molecular formula is C19H20N8O3. The van der Waals surface area contributed by atoms with Crippen molar-refractivity contribution >= 4 is 28.2 Å². The molecule has 11 heteroatoms. The van der Waals surface area contributed by atoms with Crippen molar-refractivity contribution in [1.29, 1.82) is 0 Å². The molecule has 0 spiro atoms. The van der Waals surface area contributed by atoms with E-state index >= 15 is 0 Å². The molecule has 0 saturated heterocycles. The molecule has 1 saturated carbocycles. The number of carbonyl (C=O) groups excluding carboxylic acids is 1. The van der Waals surface area contributed by atoms with Crippen LogP contribution in [-0.2, 0) is 4.74 Å². The highest BCUT2D eigenvalue weighted by Crippen LogP contribution is 2.31. The van der Waals surface area contributed by atoms with Crippen LogP contribution >= 0.6 is 0 Å². The van der Waals surface area contributed by atoms with E-state index in [0.717, 1.165) is 25.7 Å². The van der Waals surface area contributed by atoms with Gasteiger partial charge in [0, 0.05) is 24.9 Å². The fourth-order valence-corrected chi connectivity index (χ4v) is 4.14. The quantitative estimate of drug-likeness (QED) is 0.459. The molecule has 1 aliphatic carbocycles. The minimum Gasteiger partial charge on any atom is -0.381 e. The van der Waals surface area contributed by atoms with Gasteiger partial charge in [-0.15, -0.1) is 0 Å². The van der Waals surface area contributed by atoms with Gasteiger partial charge in [0.25, 0.3) is 5.91 Å². The van der Waals surface area contributed by atoms with Crippen molar-refractivity contribution < 1.29 is 9.53 Å². The number of rotatable bonds is 4. The van der Waals surface area contributed by atoms with Gasteiger partial charge in [-0.2, -0.15) is 0 Å². The Bertz CT molecular complexity index is 1310. The Labute approximate surface area is 169 Å². The van der Waals surface area contributed by atoms with Gasteiger partial charge in [-0.1, -0.05) is 0 Å². The number of nitrogens with one attached hydrogen (secondary N) is 2. The lowest BCUT2D eigenvalue weighted by molar-refractivity contribution is 0.0585. The lowest BCUT2D eigenvalue weighted by Gasteiger charge is -2.28. The topological polar surface area (TPSA) is 157 Å². The Morgan fingerprint density at radius 3 is 2.77 bits per heavy atom. The molecule has 0 aliphatic heterocycles. The molecule has 154 valence electrons. The highest BCUT2D eigenvalue weighted by Gasteiger charge is 2.27. The number of H-pyrrole nitrogens is 2. The number of methoxy groups -OCH3 is 1. The molecular weight excluding hydrogens is 388 g/mol. The van der Waals surface area contributed by atoms with E-state index in [1.165, 1.54) is 0 Å². The zero-order chi connectivity index (χ0) is 20.8. The van der Waals surface area contributed by atoms with Crippen LogP contribution in [0.5, 0.6) is 0 Å². The molecule has 5 rings (SSSR count). The minimum absolute atomic E-state index is 0.0267. The summed E-state index contributed by atoms with van der Waals surface area (Å²) in [4.78, 5) is 47.9. The van der Waals surface area contributed by atoms with E-state index in [1.54, 1.807) is 30.3 Å². The average Bonchev–Trinajstić information content (AvgIpc) is 3.35. The summed E-state index contributed by atoms with van der Waals surface area (Å²) in [6.07, 6.45) is 6.56. The number of nitrogens with zero attached hydrogens (tertiary/aromatic N) is 5. The first-order valence-corrected chi connectivity index (χ1v) is 9.69. The second-order valence-electron chi connectivity index (χ2n) is 7.42. The normalized spacial score (nSPS) is 19.5. The lowest BCUT2D eigenvalue weighted by Crippen LogP contribution is -2.28. The van der Waals surface area contributed by atoms with Crippen LogP contribution in [0.3, 0.4) is 0 Å². The van der Waals surface area contributed by atoms with Gasteiger partial charge in [-0.05, 0) is 31.7 Å². The Balaban J connectivity index is 1.68. The van der Waals surface area contributed by atoms with Gasteiger partial charge in [0.05, 0.1) is 17.9 Å². The number of ether oxygens (including phenoxy) is 1. The molecule has 11 nitrogen and oxygen atoms in total. The van der Waals surface area contributed by atoms with Crippen LogP contribution in [-0.4, -0.2) is 53.6 Å². The number of aromatic amines is 2. The van der Waals surface area contributed by atoms with Gasteiger partial charge >= 0.3 is 5.69 Å². The number of nitrogens with two attached hydrogens (primary N) is 1. The molecule has 0 atom stereocenters. The minimum atomic E-state index is -0.740. The summed E-state index contributed by atoms with van der Waals surface area (Å²) in [5.41, 5.74) is 7.67. The van der Waals surface area contributed by atoms with Crippen LogP contribution in [0, 0.1) is 0 Å². The number of hydrogen-bond acceptors (Lipinski definition) is 7. The van der Waals surface area contributed by atoms with Gasteiger partial charge < -0.3 is 20.4 Å². The summed E-state index contributed by atoms with van der Waals surface area (Å²) in [5.74, 6) is -0.477. The highest BCUT2D eigenvalue weighted by molar-refractivity contribution is 6.02. The van der Waals surface area contributed by atoms with Crippen molar-refractivity contribution in [3.63, 3.8) is 0 Å². The maximum absolute atomic E-state index is 12.8. The van der Waals surface area contributed by atoms with E-state index < -0.39 is 5.91 Å². The van der Waals surface area contributed by atoms with Crippen molar-refractivity contribution in [3.8, 4) is 11.4 Å². The van der Waals surface area contributed by atoms with E-state index in [0.29, 0.717) is 22.4 Å². The summed E-state index contributed by atoms with van der Waals surface area (Å²) in [5, 5.41) is 0. The molecule has 30 heavy (non-hydrogen) atoms. The summed E-state index contributed by atoms with van der Waals surface area (Å²) >= 11 is 0. The highest BCUT2D eigenvalue weighted by atomic mass is 16.5. The summed E-state index contributed by atoms with van der Waals surface area (Å²) in [6, 6.07) is 1.74. The fourth-order valence-electron chi connectivity index (χ4n) is 4.14. The van der Waals surface area contributed by atoms with Crippen molar-refractivity contribution in [2.45, 2.75) is 37.8 Å². The van der Waals surface area contributed by atoms with Gasteiger partial charge in [0.2, 0.25) is 0 Å². The van der Waals surface area contributed by atoms with Crippen LogP contribution < -0.4 is 11.4 Å². The largest absolute Gasteiger partial charge is 0.381 e. The van der Waals surface area contributed by atoms with Crippen molar-refractivity contribution in [3.05, 3.63) is 34.8 Å². The summed E-state index contributed by atoms with van der Waals surface area (Å²) < 4.78 is 7.05. The van der Waals surface area contributed by atoms with E-state index in [9.17, 15) is 9.59 Å². The van der Waals surface area contributed by atoms with Gasteiger partial charge in [-0.3, -0.25) is 9.36 Å². The van der Waals surface area contributed by atoms with Crippen molar-refractivity contribution in [2.75, 3.05) is 7.11 Å². The SMILES string of the molecule is COC1CCC(n2c(=O)[nH]c3c(C(N)=O)nc(-c4cnc5nc[nH]c5c4)nc32)CC1. The van der Waals surface area contributed by atoms with Gasteiger partial charge in [0.15, 0.2) is 22.8 Å². The number of aromatic nitrogens is 7. The Hall–Kier alpha value is -3.60. The number of pyridine rings is 1. The Morgan fingerprint density at radius 1 is 1.23 bits per heavy atom. The second-order valence-corrected chi connectivity index (χ2v) is 7.42. The lowest BCUT2D eigenvalue weighted by atomic mass is 9.93. The maximum atomic E-state index is 12.8. The third-order valence-electron chi connectivity index (χ3n) is 5.68. The predicted molar refractivity (Wildman–Crippen MR) is 108 cm³/mol. The number of imidazole rings is 2. The van der Waals surface area contributed by atoms with Gasteiger partial charge in [-0.25, -0.2) is 24.7 Å². The first-order chi connectivity index (χ1) is 14.5. The predicted octanol–water partition coefficient (Wildman–Crippen LogP) is 1.29.